The first-order valence-corrected chi connectivity index (χ1v) is 13.0. The summed E-state index contributed by atoms with van der Waals surface area (Å²) in [5.41, 5.74) is 3.94. The molecule has 0 spiro atoms. The van der Waals surface area contributed by atoms with E-state index >= 15 is 0 Å². The number of benzene rings is 1. The lowest BCUT2D eigenvalue weighted by Gasteiger charge is -2.43. The summed E-state index contributed by atoms with van der Waals surface area (Å²) in [6.45, 7) is 2.26. The molecule has 3 aliphatic carbocycles. The first-order chi connectivity index (χ1) is 17.2. The average Bonchev–Trinajstić information content (AvgIpc) is 3.75. The Labute approximate surface area is 205 Å². The molecular formula is C29H29N5O. The molecule has 3 aromatic rings. The zero-order valence-corrected chi connectivity index (χ0v) is 19.9. The number of carbonyl (C=O) groups is 1. The lowest BCUT2D eigenvalue weighted by atomic mass is 9.95. The smallest absolute Gasteiger partial charge is 0.226 e. The van der Waals surface area contributed by atoms with Crippen molar-refractivity contribution in [2.45, 2.75) is 50.5 Å². The van der Waals surface area contributed by atoms with Crippen LogP contribution >= 0.6 is 0 Å². The number of aromatic nitrogens is 2. The van der Waals surface area contributed by atoms with Gasteiger partial charge in [-0.15, -0.1) is 0 Å². The van der Waals surface area contributed by atoms with Gasteiger partial charge in [0.25, 0.3) is 0 Å². The molecule has 1 unspecified atom stereocenters. The third-order valence-electron chi connectivity index (χ3n) is 8.18. The molecule has 0 N–H and O–H groups in total. The van der Waals surface area contributed by atoms with E-state index in [1.165, 1.54) is 12.8 Å². The fraction of sp³-hybridized carbons (Fsp3) is 0.448. The molecule has 1 atom stereocenters. The summed E-state index contributed by atoms with van der Waals surface area (Å²) in [5.74, 6) is 2.47. The Bertz CT molecular complexity index is 1360. The van der Waals surface area contributed by atoms with E-state index < -0.39 is 0 Å². The third kappa shape index (κ3) is 3.74. The van der Waals surface area contributed by atoms with Gasteiger partial charge in [-0.3, -0.25) is 9.78 Å². The molecule has 7 rings (SSSR count). The van der Waals surface area contributed by atoms with Gasteiger partial charge in [-0.1, -0.05) is 18.2 Å². The molecule has 35 heavy (non-hydrogen) atoms. The highest BCUT2D eigenvalue weighted by Crippen LogP contribution is 2.46. The fourth-order valence-electron chi connectivity index (χ4n) is 5.81. The Morgan fingerprint density at radius 1 is 1.03 bits per heavy atom. The molecule has 3 heterocycles. The molecule has 1 amide bonds. The minimum Gasteiger partial charge on any atom is -0.352 e. The number of carbonyl (C=O) groups excluding carboxylic acids is 1. The van der Waals surface area contributed by atoms with Gasteiger partial charge >= 0.3 is 0 Å². The average molecular weight is 464 g/mol. The predicted molar refractivity (Wildman–Crippen MR) is 135 cm³/mol. The van der Waals surface area contributed by atoms with Crippen LogP contribution in [0.3, 0.4) is 0 Å². The zero-order valence-electron chi connectivity index (χ0n) is 19.9. The van der Waals surface area contributed by atoms with E-state index in [-0.39, 0.29) is 12.0 Å². The molecule has 3 saturated carbocycles. The number of piperazine rings is 1. The van der Waals surface area contributed by atoms with Gasteiger partial charge in [-0.25, -0.2) is 4.98 Å². The van der Waals surface area contributed by atoms with Crippen LogP contribution in [0, 0.1) is 23.2 Å². The van der Waals surface area contributed by atoms with E-state index in [2.05, 4.69) is 51.2 Å². The number of anilines is 1. The molecule has 176 valence electrons. The van der Waals surface area contributed by atoms with Crippen LogP contribution in [-0.4, -0.2) is 46.5 Å². The van der Waals surface area contributed by atoms with Crippen molar-refractivity contribution in [3.05, 3.63) is 54.0 Å². The predicted octanol–water partition coefficient (Wildman–Crippen LogP) is 4.88. The van der Waals surface area contributed by atoms with Crippen LogP contribution in [0.5, 0.6) is 0 Å². The minimum atomic E-state index is 0.250. The fourth-order valence-corrected chi connectivity index (χ4v) is 5.81. The second-order valence-corrected chi connectivity index (χ2v) is 10.7. The maximum Gasteiger partial charge on any atom is 0.226 e. The number of nitriles is 1. The van der Waals surface area contributed by atoms with Crippen molar-refractivity contribution in [2.24, 2.45) is 11.8 Å². The van der Waals surface area contributed by atoms with Gasteiger partial charge in [0.2, 0.25) is 5.91 Å². The minimum absolute atomic E-state index is 0.250. The molecule has 2 aromatic heterocycles. The number of rotatable bonds is 5. The molecule has 0 radical (unpaired) electrons. The number of amides is 1. The van der Waals surface area contributed by atoms with E-state index in [9.17, 15) is 10.1 Å². The Morgan fingerprint density at radius 3 is 2.63 bits per heavy atom. The number of nitrogens with zero attached hydrogens (tertiary/aromatic N) is 5. The molecule has 4 fully saturated rings. The summed E-state index contributed by atoms with van der Waals surface area (Å²) in [6.07, 6.45) is 10.5. The van der Waals surface area contributed by atoms with Crippen LogP contribution in [0.4, 0.5) is 5.82 Å². The molecule has 1 aromatic carbocycles. The van der Waals surface area contributed by atoms with E-state index in [0.29, 0.717) is 23.3 Å². The topological polar surface area (TPSA) is 73.1 Å². The molecule has 4 aliphatic rings. The number of fused-ring (bicyclic) bond motifs is 1. The Hall–Kier alpha value is -3.46. The van der Waals surface area contributed by atoms with Gasteiger partial charge < -0.3 is 9.80 Å². The maximum absolute atomic E-state index is 13.0. The second kappa shape index (κ2) is 8.05. The summed E-state index contributed by atoms with van der Waals surface area (Å²) >= 11 is 0. The van der Waals surface area contributed by atoms with Crippen LogP contribution in [-0.2, 0) is 4.79 Å². The van der Waals surface area contributed by atoms with E-state index in [1.807, 2.05) is 12.4 Å². The van der Waals surface area contributed by atoms with Crippen LogP contribution in [0.15, 0.2) is 42.7 Å². The van der Waals surface area contributed by atoms with Crippen molar-refractivity contribution < 1.29 is 4.79 Å². The van der Waals surface area contributed by atoms with Gasteiger partial charge in [0, 0.05) is 54.8 Å². The lowest BCUT2D eigenvalue weighted by molar-refractivity contribution is -0.135. The van der Waals surface area contributed by atoms with Gasteiger partial charge in [0.1, 0.15) is 11.9 Å². The van der Waals surface area contributed by atoms with Gasteiger partial charge in [-0.2, -0.15) is 5.26 Å². The zero-order chi connectivity index (χ0) is 23.5. The molecule has 1 aliphatic heterocycles. The monoisotopic (exact) mass is 463 g/mol. The van der Waals surface area contributed by atoms with E-state index in [0.717, 1.165) is 78.7 Å². The Balaban J connectivity index is 1.28. The largest absolute Gasteiger partial charge is 0.352 e. The first kappa shape index (κ1) is 20.9. The molecule has 0 bridgehead atoms. The maximum atomic E-state index is 13.0. The van der Waals surface area contributed by atoms with Crippen molar-refractivity contribution in [1.82, 2.24) is 14.9 Å². The summed E-state index contributed by atoms with van der Waals surface area (Å²) < 4.78 is 0. The summed E-state index contributed by atoms with van der Waals surface area (Å²) in [4.78, 5) is 26.9. The normalized spacial score (nSPS) is 22.3. The Morgan fingerprint density at radius 2 is 1.89 bits per heavy atom. The quantitative estimate of drug-likeness (QED) is 0.539. The van der Waals surface area contributed by atoms with Crippen molar-refractivity contribution in [3.63, 3.8) is 0 Å². The Kier molecular flexibility index (Phi) is 4.80. The summed E-state index contributed by atoms with van der Waals surface area (Å²) in [6, 6.07) is 13.1. The highest BCUT2D eigenvalue weighted by atomic mass is 16.2. The molecule has 6 heteroatoms. The van der Waals surface area contributed by atoms with Crippen LogP contribution in [0.25, 0.3) is 21.9 Å². The van der Waals surface area contributed by atoms with E-state index in [4.69, 9.17) is 4.98 Å². The third-order valence-corrected chi connectivity index (χ3v) is 8.18. The highest BCUT2D eigenvalue weighted by molar-refractivity contribution is 5.97. The summed E-state index contributed by atoms with van der Waals surface area (Å²) in [5, 5.41) is 12.4. The van der Waals surface area contributed by atoms with Crippen molar-refractivity contribution in [2.75, 3.05) is 24.5 Å². The summed E-state index contributed by atoms with van der Waals surface area (Å²) in [7, 11) is 0. The molecule has 6 nitrogen and oxygen atoms in total. The van der Waals surface area contributed by atoms with Gasteiger partial charge in [0.15, 0.2) is 0 Å². The van der Waals surface area contributed by atoms with Gasteiger partial charge in [0.05, 0.1) is 17.3 Å². The molecule has 1 saturated heterocycles. The second-order valence-electron chi connectivity index (χ2n) is 10.7. The van der Waals surface area contributed by atoms with Crippen molar-refractivity contribution in [3.8, 4) is 17.2 Å². The van der Waals surface area contributed by atoms with Crippen molar-refractivity contribution >= 4 is 22.5 Å². The van der Waals surface area contributed by atoms with Crippen LogP contribution < -0.4 is 4.90 Å². The first-order valence-electron chi connectivity index (χ1n) is 13.0. The highest BCUT2D eigenvalue weighted by Gasteiger charge is 2.45. The van der Waals surface area contributed by atoms with E-state index in [1.54, 1.807) is 0 Å². The van der Waals surface area contributed by atoms with Gasteiger partial charge in [-0.05, 0) is 67.5 Å². The standard InChI is InChI=1S/C29H29N5O/c30-15-22-14-25(24-3-1-2-21-16-31-11-10-23(21)24)27(19-6-7-19)32-28(22)33-12-13-34(29(35)20-8-9-20)26(17-33)18-4-5-18/h1-3,10-11,14,16,18-20,26H,4-9,12-13,17H2. The number of hydrogen-bond acceptors (Lipinski definition) is 5. The SMILES string of the molecule is N#Cc1cc(-c2cccc3cnccc23)c(C2CC2)nc1N1CCN(C(=O)C2CC2)C(C2CC2)C1. The van der Waals surface area contributed by atoms with Crippen molar-refractivity contribution in [1.29, 1.82) is 5.26 Å². The van der Waals surface area contributed by atoms with Crippen LogP contribution in [0.2, 0.25) is 0 Å². The lowest BCUT2D eigenvalue weighted by Crippen LogP contribution is -2.57. The molecular weight excluding hydrogens is 434 g/mol. The number of hydrogen-bond donors (Lipinski definition) is 0. The number of pyridine rings is 2. The van der Waals surface area contributed by atoms with Crippen LogP contribution in [0.1, 0.15) is 55.7 Å².